The average molecular weight is 237 g/mol. The van der Waals surface area contributed by atoms with E-state index in [1.807, 2.05) is 26.0 Å². The molecule has 3 nitrogen and oxygen atoms in total. The van der Waals surface area contributed by atoms with E-state index in [1.54, 1.807) is 0 Å². The summed E-state index contributed by atoms with van der Waals surface area (Å²) >= 11 is 0. The number of fused-ring (bicyclic) bond motifs is 3. The van der Waals surface area contributed by atoms with E-state index in [0.29, 0.717) is 0 Å². The van der Waals surface area contributed by atoms with Gasteiger partial charge in [0.25, 0.3) is 0 Å². The van der Waals surface area contributed by atoms with E-state index >= 15 is 0 Å². The van der Waals surface area contributed by atoms with Crippen molar-refractivity contribution in [1.82, 2.24) is 4.98 Å². The number of hydrogen-bond acceptors (Lipinski definition) is 3. The first-order chi connectivity index (χ1) is 8.72. The lowest BCUT2D eigenvalue weighted by Crippen LogP contribution is -2.10. The van der Waals surface area contributed by atoms with Gasteiger partial charge in [0.15, 0.2) is 0 Å². The Kier molecular flexibility index (Phi) is 2.42. The quantitative estimate of drug-likeness (QED) is 0.388. The Morgan fingerprint density at radius 1 is 1.00 bits per heavy atom. The molecule has 0 aliphatic carbocycles. The molecule has 0 aliphatic heterocycles. The largest absolute Gasteiger partial charge is 0.323 e. The van der Waals surface area contributed by atoms with Crippen LogP contribution in [0.15, 0.2) is 36.4 Å². The highest BCUT2D eigenvalue weighted by Gasteiger charge is 2.10. The first-order valence-electron chi connectivity index (χ1n) is 5.97. The number of nitrogen functional groups attached to an aromatic ring is 1. The van der Waals surface area contributed by atoms with Crippen LogP contribution in [-0.4, -0.2) is 4.98 Å². The highest BCUT2D eigenvalue weighted by molar-refractivity contribution is 6.09. The van der Waals surface area contributed by atoms with Crippen molar-refractivity contribution in [3.8, 4) is 0 Å². The van der Waals surface area contributed by atoms with Crippen LogP contribution >= 0.6 is 0 Å². The number of anilines is 1. The van der Waals surface area contributed by atoms with Gasteiger partial charge in [-0.3, -0.25) is 10.8 Å². The fourth-order valence-corrected chi connectivity index (χ4v) is 2.40. The zero-order valence-electron chi connectivity index (χ0n) is 10.5. The Hall–Kier alpha value is -2.13. The van der Waals surface area contributed by atoms with Gasteiger partial charge in [-0.2, -0.15) is 0 Å². The number of aryl methyl sites for hydroxylation is 1. The van der Waals surface area contributed by atoms with Gasteiger partial charge in [0.05, 0.1) is 11.2 Å². The van der Waals surface area contributed by atoms with Gasteiger partial charge in [0, 0.05) is 16.5 Å². The van der Waals surface area contributed by atoms with Crippen LogP contribution < -0.4 is 11.3 Å². The molecule has 1 aromatic heterocycles. The molecule has 3 N–H and O–H groups in total. The molecule has 0 radical (unpaired) electrons. The second-order valence-corrected chi connectivity index (χ2v) is 4.52. The van der Waals surface area contributed by atoms with Crippen molar-refractivity contribution in [3.63, 3.8) is 0 Å². The molecule has 0 saturated heterocycles. The second-order valence-electron chi connectivity index (χ2n) is 4.52. The fourth-order valence-electron chi connectivity index (χ4n) is 2.40. The molecule has 90 valence electrons. The van der Waals surface area contributed by atoms with Gasteiger partial charge in [-0.05, 0) is 24.8 Å². The Bertz CT molecular complexity index is 747. The zero-order valence-corrected chi connectivity index (χ0v) is 10.5. The second kappa shape index (κ2) is 3.96. The van der Waals surface area contributed by atoms with Crippen LogP contribution in [0.25, 0.3) is 21.7 Å². The Balaban J connectivity index is 2.56. The van der Waals surface area contributed by atoms with Crippen LogP contribution in [0.3, 0.4) is 0 Å². The third-order valence-corrected chi connectivity index (χ3v) is 3.51. The molecule has 18 heavy (non-hydrogen) atoms. The Labute approximate surface area is 106 Å². The number of aromatic nitrogens is 1. The van der Waals surface area contributed by atoms with Gasteiger partial charge in [-0.15, -0.1) is 0 Å². The number of rotatable bonds is 1. The first kappa shape index (κ1) is 11.0. The van der Waals surface area contributed by atoms with Gasteiger partial charge >= 0.3 is 0 Å². The van der Waals surface area contributed by atoms with Crippen molar-refractivity contribution >= 4 is 27.4 Å². The molecule has 3 aromatic rings. The van der Waals surface area contributed by atoms with E-state index in [1.165, 1.54) is 5.39 Å². The molecular formula is C15H15N3. The minimum atomic E-state index is 0.961. The van der Waals surface area contributed by atoms with Crippen molar-refractivity contribution in [1.29, 1.82) is 0 Å². The maximum Gasteiger partial charge on any atom is 0.0804 e. The summed E-state index contributed by atoms with van der Waals surface area (Å²) in [4.78, 5) is 4.72. The van der Waals surface area contributed by atoms with E-state index in [0.717, 1.165) is 33.2 Å². The number of hydrogen-bond donors (Lipinski definition) is 2. The lowest BCUT2D eigenvalue weighted by atomic mass is 10.0. The van der Waals surface area contributed by atoms with Crippen LogP contribution in [-0.2, 0) is 0 Å². The summed E-state index contributed by atoms with van der Waals surface area (Å²) in [5.41, 5.74) is 6.87. The molecule has 0 amide bonds. The first-order valence-corrected chi connectivity index (χ1v) is 5.97. The van der Waals surface area contributed by atoms with Gasteiger partial charge in [-0.25, -0.2) is 0 Å². The average Bonchev–Trinajstić information content (AvgIpc) is 2.40. The van der Waals surface area contributed by atoms with E-state index < -0.39 is 0 Å². The van der Waals surface area contributed by atoms with Crippen LogP contribution in [0.2, 0.25) is 0 Å². The monoisotopic (exact) mass is 237 g/mol. The molecular weight excluding hydrogens is 222 g/mol. The number of pyridine rings is 1. The molecule has 0 spiro atoms. The summed E-state index contributed by atoms with van der Waals surface area (Å²) in [6.07, 6.45) is 0. The fraction of sp³-hybridized carbons (Fsp3) is 0.133. The third kappa shape index (κ3) is 1.45. The van der Waals surface area contributed by atoms with Crippen molar-refractivity contribution < 1.29 is 0 Å². The molecule has 0 fully saturated rings. The molecule has 0 aliphatic rings. The SMILES string of the molecule is Cc1nc2c(ccc3ccccc32)c(NN)c1C. The minimum Gasteiger partial charge on any atom is -0.323 e. The smallest absolute Gasteiger partial charge is 0.0804 e. The van der Waals surface area contributed by atoms with Crippen molar-refractivity contribution in [2.75, 3.05) is 5.43 Å². The van der Waals surface area contributed by atoms with Crippen molar-refractivity contribution in [2.45, 2.75) is 13.8 Å². The highest BCUT2D eigenvalue weighted by Crippen LogP contribution is 2.31. The maximum atomic E-state index is 5.65. The summed E-state index contributed by atoms with van der Waals surface area (Å²) in [5, 5.41) is 3.43. The number of benzene rings is 2. The van der Waals surface area contributed by atoms with Gasteiger partial charge in [-0.1, -0.05) is 36.4 Å². The van der Waals surface area contributed by atoms with E-state index in [-0.39, 0.29) is 0 Å². The molecule has 0 saturated carbocycles. The molecule has 0 atom stereocenters. The van der Waals surface area contributed by atoms with Crippen LogP contribution in [0.1, 0.15) is 11.3 Å². The normalized spacial score (nSPS) is 11.1. The number of nitrogens with one attached hydrogen (secondary N) is 1. The summed E-state index contributed by atoms with van der Waals surface area (Å²) in [7, 11) is 0. The topological polar surface area (TPSA) is 50.9 Å². The molecule has 0 bridgehead atoms. The predicted octanol–water partition coefficient (Wildman–Crippen LogP) is 3.29. The summed E-state index contributed by atoms with van der Waals surface area (Å²) in [6, 6.07) is 12.5. The molecule has 3 heteroatoms. The highest BCUT2D eigenvalue weighted by atomic mass is 15.2. The number of hydrazine groups is 1. The van der Waals surface area contributed by atoms with Crippen molar-refractivity contribution in [2.24, 2.45) is 5.84 Å². The van der Waals surface area contributed by atoms with Gasteiger partial charge < -0.3 is 5.43 Å². The zero-order chi connectivity index (χ0) is 12.7. The minimum absolute atomic E-state index is 0.961. The van der Waals surface area contributed by atoms with E-state index in [9.17, 15) is 0 Å². The van der Waals surface area contributed by atoms with Crippen LogP contribution in [0.4, 0.5) is 5.69 Å². The number of nitrogens with two attached hydrogens (primary N) is 1. The maximum absolute atomic E-state index is 5.65. The predicted molar refractivity (Wildman–Crippen MR) is 76.5 cm³/mol. The van der Waals surface area contributed by atoms with Gasteiger partial charge in [0.2, 0.25) is 0 Å². The lowest BCUT2D eigenvalue weighted by Gasteiger charge is -2.13. The van der Waals surface area contributed by atoms with Gasteiger partial charge in [0.1, 0.15) is 0 Å². The van der Waals surface area contributed by atoms with E-state index in [4.69, 9.17) is 10.8 Å². The van der Waals surface area contributed by atoms with E-state index in [2.05, 4.69) is 29.7 Å². The molecule has 0 unspecified atom stereocenters. The van der Waals surface area contributed by atoms with Crippen LogP contribution in [0.5, 0.6) is 0 Å². The summed E-state index contributed by atoms with van der Waals surface area (Å²) in [6.45, 7) is 4.05. The standard InChI is InChI=1S/C15H15N3/c1-9-10(2)17-15-12-6-4-3-5-11(12)7-8-13(15)14(9)18-16/h3-8H,16H2,1-2H3,(H,17,18). The lowest BCUT2D eigenvalue weighted by molar-refractivity contribution is 1.18. The number of nitrogens with zero attached hydrogens (tertiary/aromatic N) is 1. The summed E-state index contributed by atoms with van der Waals surface area (Å²) in [5.74, 6) is 5.65. The third-order valence-electron chi connectivity index (χ3n) is 3.51. The van der Waals surface area contributed by atoms with Crippen LogP contribution in [0, 0.1) is 13.8 Å². The summed E-state index contributed by atoms with van der Waals surface area (Å²) < 4.78 is 0. The Morgan fingerprint density at radius 2 is 1.78 bits per heavy atom. The Morgan fingerprint density at radius 3 is 2.56 bits per heavy atom. The van der Waals surface area contributed by atoms with Crippen molar-refractivity contribution in [3.05, 3.63) is 47.7 Å². The molecule has 1 heterocycles. The molecule has 3 rings (SSSR count). The molecule has 2 aromatic carbocycles.